The first-order chi connectivity index (χ1) is 16.0. The van der Waals surface area contributed by atoms with Crippen molar-refractivity contribution in [2.75, 3.05) is 20.3 Å². The van der Waals surface area contributed by atoms with Gasteiger partial charge in [-0.05, 0) is 41.0 Å². The van der Waals surface area contributed by atoms with Crippen molar-refractivity contribution < 1.29 is 29.0 Å². The zero-order chi connectivity index (χ0) is 23.4. The van der Waals surface area contributed by atoms with Gasteiger partial charge in [0, 0.05) is 25.5 Å². The summed E-state index contributed by atoms with van der Waals surface area (Å²) < 4.78 is 10.7. The second kappa shape index (κ2) is 10.0. The van der Waals surface area contributed by atoms with Crippen molar-refractivity contribution in [3.63, 3.8) is 0 Å². The molecule has 1 atom stereocenters. The fraction of sp³-hybridized carbons (Fsp3) is 0.400. The van der Waals surface area contributed by atoms with Crippen LogP contribution in [0.5, 0.6) is 0 Å². The second-order valence-electron chi connectivity index (χ2n) is 8.57. The number of alkyl carbamates (subject to hydrolysis) is 1. The van der Waals surface area contributed by atoms with Gasteiger partial charge in [-0.1, -0.05) is 48.5 Å². The first-order valence-electron chi connectivity index (χ1n) is 11.1. The van der Waals surface area contributed by atoms with E-state index in [1.807, 2.05) is 36.4 Å². The van der Waals surface area contributed by atoms with E-state index < -0.39 is 18.2 Å². The number of nitrogens with one attached hydrogen (secondary N) is 2. The van der Waals surface area contributed by atoms with Gasteiger partial charge in [-0.25, -0.2) is 4.79 Å². The Morgan fingerprint density at radius 3 is 2.21 bits per heavy atom. The molecule has 4 rings (SSSR count). The van der Waals surface area contributed by atoms with E-state index in [9.17, 15) is 14.4 Å². The Bertz CT molecular complexity index is 988. The van der Waals surface area contributed by atoms with Crippen LogP contribution in [-0.2, 0) is 19.1 Å². The highest BCUT2D eigenvalue weighted by Gasteiger charge is 2.33. The maximum Gasteiger partial charge on any atom is 0.407 e. The number of fused-ring (bicyclic) bond motifs is 3. The number of hydrogen-bond donors (Lipinski definition) is 3. The molecular weight excluding hydrogens is 424 g/mol. The fourth-order valence-electron chi connectivity index (χ4n) is 4.67. The van der Waals surface area contributed by atoms with E-state index in [4.69, 9.17) is 14.6 Å². The fourth-order valence-corrected chi connectivity index (χ4v) is 4.67. The molecule has 1 saturated carbocycles. The lowest BCUT2D eigenvalue weighted by molar-refractivity contribution is -0.139. The number of aliphatic carboxylic acids is 1. The lowest BCUT2D eigenvalue weighted by atomic mass is 9.78. The summed E-state index contributed by atoms with van der Waals surface area (Å²) >= 11 is 0. The van der Waals surface area contributed by atoms with Gasteiger partial charge < -0.3 is 25.2 Å². The summed E-state index contributed by atoms with van der Waals surface area (Å²) in [6.07, 6.45) is -0.0905. The molecule has 0 radical (unpaired) electrons. The Kier molecular flexibility index (Phi) is 6.93. The Balaban J connectivity index is 1.25. The topological polar surface area (TPSA) is 114 Å². The Morgan fingerprint density at radius 1 is 1.03 bits per heavy atom. The molecule has 8 heteroatoms. The number of rotatable bonds is 9. The van der Waals surface area contributed by atoms with E-state index in [0.29, 0.717) is 12.8 Å². The summed E-state index contributed by atoms with van der Waals surface area (Å²) in [5.41, 5.74) is 4.56. The van der Waals surface area contributed by atoms with E-state index in [2.05, 4.69) is 22.8 Å². The van der Waals surface area contributed by atoms with Crippen LogP contribution in [0, 0.1) is 5.92 Å². The highest BCUT2D eigenvalue weighted by Crippen LogP contribution is 2.44. The molecule has 2 aliphatic carbocycles. The van der Waals surface area contributed by atoms with Gasteiger partial charge in [-0.2, -0.15) is 0 Å². The molecule has 1 unspecified atom stereocenters. The molecule has 174 valence electrons. The molecule has 0 aromatic heterocycles. The van der Waals surface area contributed by atoms with Crippen molar-refractivity contribution >= 4 is 18.0 Å². The third-order valence-electron chi connectivity index (χ3n) is 6.40. The monoisotopic (exact) mass is 452 g/mol. The number of carbonyl (C=O) groups excluding carboxylic acids is 2. The molecule has 0 aliphatic heterocycles. The molecular formula is C25H28N2O6. The number of carboxylic acids is 1. The minimum Gasteiger partial charge on any atom is -0.481 e. The molecule has 3 N–H and O–H groups in total. The molecule has 1 fully saturated rings. The van der Waals surface area contributed by atoms with Gasteiger partial charge in [0.25, 0.3) is 5.91 Å². The predicted molar refractivity (Wildman–Crippen MR) is 121 cm³/mol. The number of amides is 2. The van der Waals surface area contributed by atoms with E-state index in [-0.39, 0.29) is 43.4 Å². The summed E-state index contributed by atoms with van der Waals surface area (Å²) in [5, 5.41) is 14.3. The normalized spacial score (nSPS) is 19.5. The van der Waals surface area contributed by atoms with Crippen molar-refractivity contribution in [2.45, 2.75) is 37.3 Å². The Morgan fingerprint density at radius 2 is 1.64 bits per heavy atom. The summed E-state index contributed by atoms with van der Waals surface area (Å²) in [6.45, 7) is 0.168. The molecule has 0 spiro atoms. The highest BCUT2D eigenvalue weighted by molar-refractivity contribution is 5.82. The number of methoxy groups -OCH3 is 1. The van der Waals surface area contributed by atoms with Crippen LogP contribution in [0.2, 0.25) is 0 Å². The van der Waals surface area contributed by atoms with Gasteiger partial charge in [0.1, 0.15) is 6.61 Å². The van der Waals surface area contributed by atoms with Crippen LogP contribution in [0.4, 0.5) is 4.79 Å². The van der Waals surface area contributed by atoms with Gasteiger partial charge in [0.2, 0.25) is 0 Å². The first kappa shape index (κ1) is 22.8. The van der Waals surface area contributed by atoms with Crippen LogP contribution >= 0.6 is 0 Å². The molecule has 2 aromatic rings. The summed E-state index contributed by atoms with van der Waals surface area (Å²) in [7, 11) is 1.40. The highest BCUT2D eigenvalue weighted by atomic mass is 16.5. The second-order valence-corrected chi connectivity index (χ2v) is 8.57. The molecule has 2 amide bonds. The van der Waals surface area contributed by atoms with E-state index in [1.54, 1.807) is 0 Å². The zero-order valence-corrected chi connectivity index (χ0v) is 18.5. The van der Waals surface area contributed by atoms with Crippen LogP contribution in [0.3, 0.4) is 0 Å². The molecule has 0 heterocycles. The van der Waals surface area contributed by atoms with Gasteiger partial charge in [-0.3, -0.25) is 9.59 Å². The molecule has 2 aromatic carbocycles. The average Bonchev–Trinajstić information content (AvgIpc) is 3.10. The Hall–Kier alpha value is -3.39. The largest absolute Gasteiger partial charge is 0.481 e. The molecule has 0 saturated heterocycles. The Labute approximate surface area is 192 Å². The van der Waals surface area contributed by atoms with Gasteiger partial charge in [0.05, 0.1) is 6.54 Å². The smallest absolute Gasteiger partial charge is 0.407 e. The number of benzene rings is 2. The zero-order valence-electron chi connectivity index (χ0n) is 18.5. The SMILES string of the molecule is COC(CNC(=O)OCC1c2ccccc2-c2ccccc21)C(=O)NC1CC(CC(=O)O)C1. The van der Waals surface area contributed by atoms with Gasteiger partial charge >= 0.3 is 12.1 Å². The van der Waals surface area contributed by atoms with Crippen LogP contribution in [-0.4, -0.2) is 55.5 Å². The summed E-state index contributed by atoms with van der Waals surface area (Å²) in [5.74, 6) is -1.11. The molecule has 0 bridgehead atoms. The van der Waals surface area contributed by atoms with Crippen LogP contribution < -0.4 is 10.6 Å². The summed E-state index contributed by atoms with van der Waals surface area (Å²) in [4.78, 5) is 35.5. The van der Waals surface area contributed by atoms with Crippen molar-refractivity contribution in [1.82, 2.24) is 10.6 Å². The standard InChI is InChI=1S/C25H28N2O6/c1-32-22(24(30)27-16-10-15(11-16)12-23(28)29)13-26-25(31)33-14-21-19-8-4-2-6-17(19)18-7-3-5-9-20(18)21/h2-9,15-16,21-22H,10-14H2,1H3,(H,26,31)(H,27,30)(H,28,29). The van der Waals surface area contributed by atoms with E-state index in [0.717, 1.165) is 22.3 Å². The number of ether oxygens (including phenoxy) is 2. The minimum atomic E-state index is -0.857. The van der Waals surface area contributed by atoms with Crippen LogP contribution in [0.25, 0.3) is 11.1 Å². The lowest BCUT2D eigenvalue weighted by Crippen LogP contribution is -2.51. The third kappa shape index (κ3) is 5.17. The van der Waals surface area contributed by atoms with E-state index in [1.165, 1.54) is 7.11 Å². The molecule has 2 aliphatic rings. The summed E-state index contributed by atoms with van der Waals surface area (Å²) in [6, 6.07) is 16.1. The number of carbonyl (C=O) groups is 3. The van der Waals surface area contributed by atoms with E-state index >= 15 is 0 Å². The van der Waals surface area contributed by atoms with Crippen molar-refractivity contribution in [3.8, 4) is 11.1 Å². The first-order valence-corrected chi connectivity index (χ1v) is 11.1. The maximum absolute atomic E-state index is 12.4. The average molecular weight is 453 g/mol. The lowest BCUT2D eigenvalue weighted by Gasteiger charge is -2.35. The van der Waals surface area contributed by atoms with Crippen LogP contribution in [0.15, 0.2) is 48.5 Å². The number of hydrogen-bond acceptors (Lipinski definition) is 5. The van der Waals surface area contributed by atoms with Gasteiger partial charge in [-0.15, -0.1) is 0 Å². The van der Waals surface area contributed by atoms with Crippen molar-refractivity contribution in [2.24, 2.45) is 5.92 Å². The van der Waals surface area contributed by atoms with Crippen molar-refractivity contribution in [1.29, 1.82) is 0 Å². The maximum atomic E-state index is 12.4. The van der Waals surface area contributed by atoms with Gasteiger partial charge in [0.15, 0.2) is 6.10 Å². The van der Waals surface area contributed by atoms with Crippen LogP contribution in [0.1, 0.15) is 36.3 Å². The van der Waals surface area contributed by atoms with Crippen molar-refractivity contribution in [3.05, 3.63) is 59.7 Å². The number of carboxylic acid groups (broad SMARTS) is 1. The molecule has 8 nitrogen and oxygen atoms in total. The third-order valence-corrected chi connectivity index (χ3v) is 6.40. The minimum absolute atomic E-state index is 0.0235. The quantitative estimate of drug-likeness (QED) is 0.539. The predicted octanol–water partition coefficient (Wildman–Crippen LogP) is 2.91. The molecule has 33 heavy (non-hydrogen) atoms.